The van der Waals surface area contributed by atoms with Crippen molar-refractivity contribution in [2.24, 2.45) is 0 Å². The third-order valence-electron chi connectivity index (χ3n) is 4.39. The van der Waals surface area contributed by atoms with Crippen LogP contribution in [0, 0.1) is 12.7 Å². The zero-order valence-electron chi connectivity index (χ0n) is 15.5. The smallest absolute Gasteiger partial charge is 0.357 e. The van der Waals surface area contributed by atoms with Gasteiger partial charge in [0, 0.05) is 11.1 Å². The number of halogens is 3. The van der Waals surface area contributed by atoms with Crippen molar-refractivity contribution in [3.8, 4) is 17.0 Å². The molecule has 0 bridgehead atoms. The van der Waals surface area contributed by atoms with E-state index in [1.54, 1.807) is 26.0 Å². The summed E-state index contributed by atoms with van der Waals surface area (Å²) in [4.78, 5) is 16.4. The molecule has 0 saturated heterocycles. The number of hydrogen-bond acceptors (Lipinski definition) is 5. The highest BCUT2D eigenvalue weighted by atomic mass is 19.3. The summed E-state index contributed by atoms with van der Waals surface area (Å²) in [6, 6.07) is 6.26. The van der Waals surface area contributed by atoms with Crippen molar-refractivity contribution in [3.05, 3.63) is 46.9 Å². The van der Waals surface area contributed by atoms with Crippen molar-refractivity contribution in [2.75, 3.05) is 13.2 Å². The van der Waals surface area contributed by atoms with Crippen molar-refractivity contribution < 1.29 is 32.2 Å². The predicted octanol–water partition coefficient (Wildman–Crippen LogP) is 4.31. The third-order valence-corrected chi connectivity index (χ3v) is 4.39. The Morgan fingerprint density at radius 2 is 2.11 bits per heavy atom. The summed E-state index contributed by atoms with van der Waals surface area (Å²) in [5.41, 5.74) is 2.12. The number of benzene rings is 1. The lowest BCUT2D eigenvalue weighted by molar-refractivity contribution is -0.146. The topological polar surface area (TPSA) is 57.7 Å². The number of esters is 1. The SMILES string of the molecule is CCOC(=O)c1cc(-c2ccc(C)cc2F)c2c(n1)O[C@H](COC(F)F)CC2. The van der Waals surface area contributed by atoms with Crippen LogP contribution in [0.3, 0.4) is 0 Å². The van der Waals surface area contributed by atoms with E-state index in [9.17, 15) is 18.0 Å². The third kappa shape index (κ3) is 4.44. The Morgan fingerprint density at radius 1 is 1.32 bits per heavy atom. The fourth-order valence-corrected chi connectivity index (χ4v) is 3.10. The predicted molar refractivity (Wildman–Crippen MR) is 95.0 cm³/mol. The highest BCUT2D eigenvalue weighted by Gasteiger charge is 2.28. The highest BCUT2D eigenvalue weighted by Crippen LogP contribution is 2.37. The molecule has 0 amide bonds. The summed E-state index contributed by atoms with van der Waals surface area (Å²) in [7, 11) is 0. The van der Waals surface area contributed by atoms with Gasteiger partial charge < -0.3 is 14.2 Å². The fraction of sp³-hybridized carbons (Fsp3) is 0.400. The number of aromatic nitrogens is 1. The summed E-state index contributed by atoms with van der Waals surface area (Å²) in [5.74, 6) is -1.00. The molecule has 0 radical (unpaired) electrons. The zero-order chi connectivity index (χ0) is 20.3. The number of fused-ring (bicyclic) bond motifs is 1. The quantitative estimate of drug-likeness (QED) is 0.683. The zero-order valence-corrected chi connectivity index (χ0v) is 15.5. The maximum absolute atomic E-state index is 14.6. The van der Waals surface area contributed by atoms with Crippen LogP contribution in [0.25, 0.3) is 11.1 Å². The molecule has 1 aliphatic rings. The van der Waals surface area contributed by atoms with Crippen LogP contribution in [-0.2, 0) is 15.9 Å². The Morgan fingerprint density at radius 3 is 2.79 bits per heavy atom. The second-order valence-corrected chi connectivity index (χ2v) is 6.42. The molecule has 8 heteroatoms. The van der Waals surface area contributed by atoms with Crippen molar-refractivity contribution in [3.63, 3.8) is 0 Å². The molecular formula is C20H20F3NO4. The second-order valence-electron chi connectivity index (χ2n) is 6.42. The molecule has 0 spiro atoms. The van der Waals surface area contributed by atoms with Crippen LogP contribution in [0.15, 0.2) is 24.3 Å². The number of carbonyl (C=O) groups excluding carboxylic acids is 1. The summed E-state index contributed by atoms with van der Waals surface area (Å²) < 4.78 is 54.2. The molecule has 150 valence electrons. The number of rotatable bonds is 6. The maximum atomic E-state index is 14.6. The summed E-state index contributed by atoms with van der Waals surface area (Å²) in [5, 5.41) is 0. The first kappa shape index (κ1) is 20.1. The van der Waals surface area contributed by atoms with Crippen LogP contribution in [0.4, 0.5) is 13.2 Å². The number of hydrogen-bond donors (Lipinski definition) is 0. The van der Waals surface area contributed by atoms with Crippen LogP contribution >= 0.6 is 0 Å². The Hall–Kier alpha value is -2.61. The molecule has 0 unspecified atom stereocenters. The van der Waals surface area contributed by atoms with Gasteiger partial charge in [-0.2, -0.15) is 8.78 Å². The summed E-state index contributed by atoms with van der Waals surface area (Å²) >= 11 is 0. The molecule has 1 aromatic heterocycles. The van der Waals surface area contributed by atoms with E-state index >= 15 is 0 Å². The van der Waals surface area contributed by atoms with E-state index in [2.05, 4.69) is 9.72 Å². The molecule has 0 saturated carbocycles. The number of nitrogens with zero attached hydrogens (tertiary/aromatic N) is 1. The first-order chi connectivity index (χ1) is 13.4. The van der Waals surface area contributed by atoms with Crippen LogP contribution in [-0.4, -0.2) is 36.9 Å². The molecule has 28 heavy (non-hydrogen) atoms. The van der Waals surface area contributed by atoms with Crippen LogP contribution in [0.2, 0.25) is 0 Å². The minimum Gasteiger partial charge on any atom is -0.472 e. The molecule has 2 heterocycles. The van der Waals surface area contributed by atoms with Gasteiger partial charge in [0.1, 0.15) is 11.9 Å². The number of aryl methyl sites for hydroxylation is 1. The van der Waals surface area contributed by atoms with Crippen LogP contribution in [0.1, 0.15) is 35.0 Å². The molecule has 1 aromatic carbocycles. The number of pyridine rings is 1. The van der Waals surface area contributed by atoms with Gasteiger partial charge in [-0.15, -0.1) is 0 Å². The van der Waals surface area contributed by atoms with Gasteiger partial charge >= 0.3 is 12.6 Å². The Balaban J connectivity index is 2.03. The first-order valence-corrected chi connectivity index (χ1v) is 8.93. The number of ether oxygens (including phenoxy) is 3. The van der Waals surface area contributed by atoms with E-state index in [1.165, 1.54) is 12.1 Å². The minimum atomic E-state index is -2.90. The van der Waals surface area contributed by atoms with E-state index in [-0.39, 0.29) is 24.8 Å². The van der Waals surface area contributed by atoms with E-state index in [4.69, 9.17) is 9.47 Å². The minimum absolute atomic E-state index is 0.0361. The van der Waals surface area contributed by atoms with Crippen molar-refractivity contribution in [2.45, 2.75) is 39.4 Å². The molecule has 1 aliphatic heterocycles. The van der Waals surface area contributed by atoms with E-state index in [0.717, 1.165) is 5.56 Å². The molecule has 1 atom stereocenters. The Kier molecular flexibility index (Phi) is 6.18. The van der Waals surface area contributed by atoms with Gasteiger partial charge in [-0.25, -0.2) is 14.2 Å². The average Bonchev–Trinajstić information content (AvgIpc) is 2.65. The number of carbonyl (C=O) groups is 1. The molecule has 0 aliphatic carbocycles. The van der Waals surface area contributed by atoms with E-state index < -0.39 is 24.5 Å². The van der Waals surface area contributed by atoms with Gasteiger partial charge in [0.15, 0.2) is 5.69 Å². The van der Waals surface area contributed by atoms with E-state index in [0.29, 0.717) is 29.5 Å². The largest absolute Gasteiger partial charge is 0.472 e. The van der Waals surface area contributed by atoms with Gasteiger partial charge in [-0.1, -0.05) is 12.1 Å². The molecular weight excluding hydrogens is 375 g/mol. The fourth-order valence-electron chi connectivity index (χ4n) is 3.10. The molecule has 5 nitrogen and oxygen atoms in total. The molecule has 3 rings (SSSR count). The van der Waals surface area contributed by atoms with Gasteiger partial charge in [0.25, 0.3) is 0 Å². The maximum Gasteiger partial charge on any atom is 0.357 e. The van der Waals surface area contributed by atoms with Gasteiger partial charge in [-0.05, 0) is 49.9 Å². The van der Waals surface area contributed by atoms with E-state index in [1.807, 2.05) is 0 Å². The standard InChI is InChI=1S/C20H20F3NO4/c1-3-26-19(25)17-9-15(13-6-4-11(2)8-16(13)21)14-7-5-12(10-27-20(22)23)28-18(14)24-17/h4,6,8-9,12,20H,3,5,7,10H2,1-2H3/t12-/m0/s1. The van der Waals surface area contributed by atoms with Crippen molar-refractivity contribution in [1.29, 1.82) is 0 Å². The van der Waals surface area contributed by atoms with Crippen LogP contribution in [0.5, 0.6) is 5.88 Å². The first-order valence-electron chi connectivity index (χ1n) is 8.93. The summed E-state index contributed by atoms with van der Waals surface area (Å²) in [6.45, 7) is 0.371. The van der Waals surface area contributed by atoms with Crippen molar-refractivity contribution >= 4 is 5.97 Å². The molecule has 0 fully saturated rings. The highest BCUT2D eigenvalue weighted by molar-refractivity contribution is 5.90. The van der Waals surface area contributed by atoms with Gasteiger partial charge in [0.2, 0.25) is 5.88 Å². The van der Waals surface area contributed by atoms with Gasteiger partial charge in [-0.3, -0.25) is 0 Å². The van der Waals surface area contributed by atoms with Gasteiger partial charge in [0.05, 0.1) is 13.2 Å². The lowest BCUT2D eigenvalue weighted by Crippen LogP contribution is -2.30. The average molecular weight is 395 g/mol. The normalized spacial score (nSPS) is 15.9. The lowest BCUT2D eigenvalue weighted by atomic mass is 9.93. The van der Waals surface area contributed by atoms with Crippen molar-refractivity contribution in [1.82, 2.24) is 4.98 Å². The monoisotopic (exact) mass is 395 g/mol. The summed E-state index contributed by atoms with van der Waals surface area (Å²) in [6.07, 6.45) is 0.188. The number of alkyl halides is 2. The Labute approximate surface area is 160 Å². The lowest BCUT2D eigenvalue weighted by Gasteiger charge is -2.27. The molecule has 2 aromatic rings. The molecule has 0 N–H and O–H groups in total. The Bertz CT molecular complexity index is 873. The van der Waals surface area contributed by atoms with Crippen LogP contribution < -0.4 is 4.74 Å². The second kappa shape index (κ2) is 8.60.